The van der Waals surface area contributed by atoms with Crippen molar-refractivity contribution in [2.45, 2.75) is 31.6 Å². The van der Waals surface area contributed by atoms with Crippen LogP contribution in [0, 0.1) is 0 Å². The Morgan fingerprint density at radius 1 is 1.31 bits per heavy atom. The molecule has 0 spiro atoms. The Balaban J connectivity index is 4.81. The molecule has 0 unspecified atom stereocenters. The molecule has 0 saturated carbocycles. The summed E-state index contributed by atoms with van der Waals surface area (Å²) in [6.07, 6.45) is 0. The van der Waals surface area contributed by atoms with Gasteiger partial charge in [-0.1, -0.05) is 11.8 Å². The zero-order valence-corrected chi connectivity index (χ0v) is 10.5. The minimum absolute atomic E-state index is 0.346. The van der Waals surface area contributed by atoms with Crippen LogP contribution in [0.15, 0.2) is 0 Å². The van der Waals surface area contributed by atoms with Crippen molar-refractivity contribution in [2.24, 2.45) is 0 Å². The number of carboxylic acid groups (broad SMARTS) is 1. The van der Waals surface area contributed by atoms with Gasteiger partial charge in [-0.25, -0.2) is 4.79 Å². The van der Waals surface area contributed by atoms with E-state index >= 15 is 0 Å². The van der Waals surface area contributed by atoms with Gasteiger partial charge in [0.2, 0.25) is 5.91 Å². The highest BCUT2D eigenvalue weighted by Crippen LogP contribution is 2.28. The molecular formula is C9H16N2O4S. The average molecular weight is 248 g/mol. The van der Waals surface area contributed by atoms with Crippen molar-refractivity contribution in [3.8, 4) is 0 Å². The van der Waals surface area contributed by atoms with Crippen LogP contribution in [0.5, 0.6) is 0 Å². The fourth-order valence-corrected chi connectivity index (χ4v) is 1.94. The number of nitrogens with one attached hydrogen (secondary N) is 2. The third-order valence-corrected chi connectivity index (χ3v) is 3.00. The third kappa shape index (κ3) is 4.52. The smallest absolute Gasteiger partial charge is 0.327 e. The molecule has 7 heteroatoms. The zero-order chi connectivity index (χ0) is 12.9. The number of carbonyl (C=O) groups excluding carboxylic acids is 2. The monoisotopic (exact) mass is 248 g/mol. The van der Waals surface area contributed by atoms with Crippen LogP contribution in [-0.2, 0) is 9.59 Å². The lowest BCUT2D eigenvalue weighted by Crippen LogP contribution is -2.52. The number of amides is 2. The molecule has 92 valence electrons. The summed E-state index contributed by atoms with van der Waals surface area (Å²) in [6.45, 7) is 4.40. The van der Waals surface area contributed by atoms with Crippen LogP contribution in [0.3, 0.4) is 0 Å². The van der Waals surface area contributed by atoms with Gasteiger partial charge in [0, 0.05) is 14.0 Å². The van der Waals surface area contributed by atoms with E-state index in [-0.39, 0.29) is 5.24 Å². The Hall–Kier alpha value is -1.24. The van der Waals surface area contributed by atoms with Gasteiger partial charge in [-0.05, 0) is 13.8 Å². The Labute approximate surface area is 98.2 Å². The van der Waals surface area contributed by atoms with Crippen LogP contribution in [0.1, 0.15) is 20.8 Å². The van der Waals surface area contributed by atoms with E-state index in [1.54, 1.807) is 13.8 Å². The first kappa shape index (κ1) is 14.8. The molecule has 0 aliphatic rings. The molecule has 16 heavy (non-hydrogen) atoms. The molecule has 0 aromatic carbocycles. The van der Waals surface area contributed by atoms with Crippen LogP contribution >= 0.6 is 11.8 Å². The van der Waals surface area contributed by atoms with Crippen LogP contribution in [0.4, 0.5) is 4.79 Å². The van der Waals surface area contributed by atoms with E-state index in [0.29, 0.717) is 0 Å². The lowest BCUT2D eigenvalue weighted by atomic mass is 10.0. The predicted octanol–water partition coefficient (Wildman–Crippen LogP) is 0.427. The summed E-state index contributed by atoms with van der Waals surface area (Å²) >= 11 is 0.835. The highest BCUT2D eigenvalue weighted by Gasteiger charge is 2.38. The maximum absolute atomic E-state index is 11.2. The van der Waals surface area contributed by atoms with Crippen molar-refractivity contribution < 1.29 is 19.5 Å². The van der Waals surface area contributed by atoms with E-state index < -0.39 is 22.7 Å². The first-order valence-corrected chi connectivity index (χ1v) is 5.43. The molecule has 0 rings (SSSR count). The van der Waals surface area contributed by atoms with Gasteiger partial charge in [0.25, 0.3) is 5.24 Å². The standard InChI is InChI=1S/C9H16N2O4S/c1-5(12)11-6(7(13)14)9(2,3)16-8(15)10-4/h6H,1-4H3,(H,10,15)(H,11,12)(H,13,14)/t6-/m1/s1. The van der Waals surface area contributed by atoms with Gasteiger partial charge in [-0.2, -0.15) is 0 Å². The summed E-state index contributed by atoms with van der Waals surface area (Å²) in [7, 11) is 1.46. The number of rotatable bonds is 4. The van der Waals surface area contributed by atoms with E-state index in [4.69, 9.17) is 5.11 Å². The molecule has 0 aromatic heterocycles. The number of hydrogen-bond acceptors (Lipinski definition) is 4. The fourth-order valence-electron chi connectivity index (χ4n) is 1.09. The molecule has 0 aromatic rings. The lowest BCUT2D eigenvalue weighted by Gasteiger charge is -2.29. The quantitative estimate of drug-likeness (QED) is 0.670. The first-order chi connectivity index (χ1) is 7.20. The normalized spacial score (nSPS) is 12.8. The van der Waals surface area contributed by atoms with Crippen molar-refractivity contribution in [3.05, 3.63) is 0 Å². The number of carbonyl (C=O) groups is 3. The van der Waals surface area contributed by atoms with Crippen LogP contribution in [-0.4, -0.2) is 40.1 Å². The molecule has 0 saturated heterocycles. The van der Waals surface area contributed by atoms with Crippen LogP contribution in [0.25, 0.3) is 0 Å². The Morgan fingerprint density at radius 3 is 2.12 bits per heavy atom. The minimum Gasteiger partial charge on any atom is -0.480 e. The average Bonchev–Trinajstić information content (AvgIpc) is 2.12. The largest absolute Gasteiger partial charge is 0.480 e. The minimum atomic E-state index is -1.17. The second-order valence-corrected chi connectivity index (χ2v) is 5.34. The van der Waals surface area contributed by atoms with Gasteiger partial charge in [0.05, 0.1) is 4.75 Å². The van der Waals surface area contributed by atoms with Crippen molar-refractivity contribution in [3.63, 3.8) is 0 Å². The van der Waals surface area contributed by atoms with E-state index in [0.717, 1.165) is 11.8 Å². The summed E-state index contributed by atoms with van der Waals surface area (Å²) in [5.74, 6) is -1.62. The Morgan fingerprint density at radius 2 is 1.81 bits per heavy atom. The molecule has 1 atom stereocenters. The molecule has 0 fully saturated rings. The molecule has 6 nitrogen and oxygen atoms in total. The van der Waals surface area contributed by atoms with Gasteiger partial charge in [0.15, 0.2) is 0 Å². The summed E-state index contributed by atoms with van der Waals surface area (Å²) in [4.78, 5) is 33.1. The second-order valence-electron chi connectivity index (χ2n) is 3.71. The zero-order valence-electron chi connectivity index (χ0n) is 9.66. The predicted molar refractivity (Wildman–Crippen MR) is 61.4 cm³/mol. The highest BCUT2D eigenvalue weighted by molar-refractivity contribution is 8.14. The fraction of sp³-hybridized carbons (Fsp3) is 0.667. The van der Waals surface area contributed by atoms with Gasteiger partial charge in [-0.3, -0.25) is 9.59 Å². The molecule has 0 aliphatic carbocycles. The molecule has 0 aliphatic heterocycles. The number of hydrogen-bond donors (Lipinski definition) is 3. The second kappa shape index (κ2) is 5.74. The van der Waals surface area contributed by atoms with E-state index in [2.05, 4.69) is 10.6 Å². The molecule has 3 N–H and O–H groups in total. The first-order valence-electron chi connectivity index (χ1n) is 4.61. The molecule has 0 heterocycles. The molecule has 0 radical (unpaired) electrons. The van der Waals surface area contributed by atoms with Crippen molar-refractivity contribution >= 4 is 28.9 Å². The van der Waals surface area contributed by atoms with Gasteiger partial charge in [0.1, 0.15) is 6.04 Å². The van der Waals surface area contributed by atoms with Gasteiger partial charge >= 0.3 is 5.97 Å². The Kier molecular flexibility index (Phi) is 5.29. The van der Waals surface area contributed by atoms with Gasteiger partial charge < -0.3 is 15.7 Å². The maximum Gasteiger partial charge on any atom is 0.327 e. The number of thioether (sulfide) groups is 1. The van der Waals surface area contributed by atoms with Crippen molar-refractivity contribution in [1.82, 2.24) is 10.6 Å². The third-order valence-electron chi connectivity index (χ3n) is 1.85. The maximum atomic E-state index is 11.2. The number of aliphatic carboxylic acids is 1. The van der Waals surface area contributed by atoms with Crippen molar-refractivity contribution in [1.29, 1.82) is 0 Å². The van der Waals surface area contributed by atoms with E-state index in [9.17, 15) is 14.4 Å². The topological polar surface area (TPSA) is 95.5 Å². The van der Waals surface area contributed by atoms with Crippen LogP contribution in [0.2, 0.25) is 0 Å². The molecular weight excluding hydrogens is 232 g/mol. The summed E-state index contributed by atoms with van der Waals surface area (Å²) in [5.41, 5.74) is 0. The van der Waals surface area contributed by atoms with E-state index in [1.165, 1.54) is 14.0 Å². The highest BCUT2D eigenvalue weighted by atomic mass is 32.2. The Bertz CT molecular complexity index is 304. The van der Waals surface area contributed by atoms with Crippen LogP contribution < -0.4 is 10.6 Å². The van der Waals surface area contributed by atoms with E-state index in [1.807, 2.05) is 0 Å². The molecule has 2 amide bonds. The lowest BCUT2D eigenvalue weighted by molar-refractivity contribution is -0.142. The van der Waals surface area contributed by atoms with Gasteiger partial charge in [-0.15, -0.1) is 0 Å². The summed E-state index contributed by atoms with van der Waals surface area (Å²) < 4.78 is -0.933. The van der Waals surface area contributed by atoms with Crippen molar-refractivity contribution in [2.75, 3.05) is 7.05 Å². The summed E-state index contributed by atoms with van der Waals surface area (Å²) in [6, 6.07) is -1.12. The molecule has 0 bridgehead atoms. The summed E-state index contributed by atoms with van der Waals surface area (Å²) in [5, 5.41) is 13.3. The number of carboxylic acids is 1. The SMILES string of the molecule is CNC(=O)SC(C)(C)[C@H](NC(C)=O)C(=O)O.